The quantitative estimate of drug-likeness (QED) is 0.837. The van der Waals surface area contributed by atoms with Gasteiger partial charge < -0.3 is 15.0 Å². The maximum Gasteiger partial charge on any atom is 0.306 e. The zero-order chi connectivity index (χ0) is 17.1. The van der Waals surface area contributed by atoms with E-state index in [9.17, 15) is 9.59 Å². The van der Waals surface area contributed by atoms with Crippen molar-refractivity contribution in [2.75, 3.05) is 6.26 Å². The SMILES string of the molecule is CSCc1nc2ccccc2n1CC(=O)N[C@H]1CC[C@@H](C(=O)O)C1. The third-order valence-electron chi connectivity index (χ3n) is 4.46. The number of nitrogens with zero attached hydrogens (tertiary/aromatic N) is 2. The topological polar surface area (TPSA) is 84.2 Å². The Bertz CT molecular complexity index is 759. The molecule has 24 heavy (non-hydrogen) atoms. The zero-order valence-electron chi connectivity index (χ0n) is 13.6. The van der Waals surface area contributed by atoms with Gasteiger partial charge in [-0.3, -0.25) is 9.59 Å². The lowest BCUT2D eigenvalue weighted by atomic mass is 10.1. The summed E-state index contributed by atoms with van der Waals surface area (Å²) >= 11 is 1.67. The lowest BCUT2D eigenvalue weighted by molar-refractivity contribution is -0.141. The molecule has 3 rings (SSSR count). The fourth-order valence-electron chi connectivity index (χ4n) is 3.29. The van der Waals surface area contributed by atoms with E-state index < -0.39 is 5.97 Å². The van der Waals surface area contributed by atoms with E-state index in [4.69, 9.17) is 5.11 Å². The van der Waals surface area contributed by atoms with Crippen LogP contribution in [0.5, 0.6) is 0 Å². The van der Waals surface area contributed by atoms with E-state index in [1.54, 1.807) is 11.8 Å². The van der Waals surface area contributed by atoms with Gasteiger partial charge in [0.15, 0.2) is 0 Å². The maximum absolute atomic E-state index is 12.4. The molecular formula is C17H21N3O3S. The second-order valence-electron chi connectivity index (χ2n) is 6.15. The molecule has 1 aliphatic rings. The van der Waals surface area contributed by atoms with Crippen LogP contribution in [0.4, 0.5) is 0 Å². The number of rotatable bonds is 6. The van der Waals surface area contributed by atoms with Gasteiger partial charge in [-0.25, -0.2) is 4.98 Å². The summed E-state index contributed by atoms with van der Waals surface area (Å²) in [5, 5.41) is 12.0. The van der Waals surface area contributed by atoms with Crippen molar-refractivity contribution in [3.05, 3.63) is 30.1 Å². The third-order valence-corrected chi connectivity index (χ3v) is 5.00. The Labute approximate surface area is 144 Å². The molecule has 1 aliphatic carbocycles. The van der Waals surface area contributed by atoms with Gasteiger partial charge in [-0.2, -0.15) is 11.8 Å². The average Bonchev–Trinajstić information content (AvgIpc) is 3.14. The lowest BCUT2D eigenvalue weighted by Gasteiger charge is -2.14. The van der Waals surface area contributed by atoms with Crippen LogP contribution < -0.4 is 5.32 Å². The molecule has 1 fully saturated rings. The number of carbonyl (C=O) groups excluding carboxylic acids is 1. The number of amides is 1. The number of carboxylic acid groups (broad SMARTS) is 1. The van der Waals surface area contributed by atoms with Crippen molar-refractivity contribution in [2.45, 2.75) is 37.6 Å². The van der Waals surface area contributed by atoms with E-state index >= 15 is 0 Å². The smallest absolute Gasteiger partial charge is 0.306 e. The Kier molecular flexibility index (Phi) is 5.08. The molecule has 2 aromatic rings. The molecule has 2 atom stereocenters. The molecule has 1 amide bonds. The van der Waals surface area contributed by atoms with Gasteiger partial charge in [0.2, 0.25) is 5.91 Å². The molecular weight excluding hydrogens is 326 g/mol. The summed E-state index contributed by atoms with van der Waals surface area (Å²) in [6.07, 6.45) is 3.88. The van der Waals surface area contributed by atoms with Crippen molar-refractivity contribution in [2.24, 2.45) is 5.92 Å². The minimum atomic E-state index is -0.769. The van der Waals surface area contributed by atoms with Gasteiger partial charge in [0.1, 0.15) is 12.4 Å². The second-order valence-corrected chi connectivity index (χ2v) is 7.01. The van der Waals surface area contributed by atoms with Gasteiger partial charge >= 0.3 is 5.97 Å². The predicted molar refractivity (Wildman–Crippen MR) is 93.9 cm³/mol. The van der Waals surface area contributed by atoms with Crippen LogP contribution in [0.15, 0.2) is 24.3 Å². The summed E-state index contributed by atoms with van der Waals surface area (Å²) in [5.74, 6) is 0.434. The van der Waals surface area contributed by atoms with Gasteiger partial charge in [-0.15, -0.1) is 0 Å². The molecule has 1 heterocycles. The molecule has 0 spiro atoms. The number of carbonyl (C=O) groups is 2. The zero-order valence-corrected chi connectivity index (χ0v) is 14.4. The second kappa shape index (κ2) is 7.25. The number of para-hydroxylation sites is 2. The van der Waals surface area contributed by atoms with E-state index in [-0.39, 0.29) is 24.4 Å². The lowest BCUT2D eigenvalue weighted by Crippen LogP contribution is -2.36. The van der Waals surface area contributed by atoms with Gasteiger partial charge in [0, 0.05) is 6.04 Å². The number of thioether (sulfide) groups is 1. The van der Waals surface area contributed by atoms with Gasteiger partial charge in [0.05, 0.1) is 22.7 Å². The maximum atomic E-state index is 12.4. The Balaban J connectivity index is 1.71. The first-order chi connectivity index (χ1) is 11.6. The number of hydrogen-bond donors (Lipinski definition) is 2. The fourth-order valence-corrected chi connectivity index (χ4v) is 3.77. The first-order valence-corrected chi connectivity index (χ1v) is 9.43. The molecule has 1 aromatic heterocycles. The van der Waals surface area contributed by atoms with Crippen molar-refractivity contribution in [3.8, 4) is 0 Å². The van der Waals surface area contributed by atoms with Crippen LogP contribution in [0.25, 0.3) is 11.0 Å². The molecule has 128 valence electrons. The van der Waals surface area contributed by atoms with E-state index in [2.05, 4.69) is 10.3 Å². The number of hydrogen-bond acceptors (Lipinski definition) is 4. The number of carboxylic acids is 1. The molecule has 0 unspecified atom stereocenters. The van der Waals surface area contributed by atoms with E-state index in [1.165, 1.54) is 0 Å². The molecule has 2 N–H and O–H groups in total. The molecule has 0 radical (unpaired) electrons. The monoisotopic (exact) mass is 347 g/mol. The number of benzene rings is 1. The highest BCUT2D eigenvalue weighted by Gasteiger charge is 2.30. The van der Waals surface area contributed by atoms with Crippen LogP contribution >= 0.6 is 11.8 Å². The Morgan fingerprint density at radius 1 is 1.38 bits per heavy atom. The molecule has 7 heteroatoms. The number of fused-ring (bicyclic) bond motifs is 1. The first-order valence-electron chi connectivity index (χ1n) is 8.03. The number of aromatic nitrogens is 2. The number of nitrogens with one attached hydrogen (secondary N) is 1. The predicted octanol–water partition coefficient (Wildman–Crippen LogP) is 2.27. The molecule has 0 bridgehead atoms. The van der Waals surface area contributed by atoms with E-state index in [0.29, 0.717) is 12.8 Å². The Morgan fingerprint density at radius 2 is 2.17 bits per heavy atom. The summed E-state index contributed by atoms with van der Waals surface area (Å²) in [4.78, 5) is 28.1. The van der Waals surface area contributed by atoms with Crippen molar-refractivity contribution in [1.29, 1.82) is 0 Å². The number of imidazole rings is 1. The summed E-state index contributed by atoms with van der Waals surface area (Å²) in [6, 6.07) is 7.75. The summed E-state index contributed by atoms with van der Waals surface area (Å²) in [6.45, 7) is 0.213. The van der Waals surface area contributed by atoms with E-state index in [1.807, 2.05) is 35.1 Å². The van der Waals surface area contributed by atoms with Crippen LogP contribution in [0.1, 0.15) is 25.1 Å². The van der Waals surface area contributed by atoms with Gasteiger partial charge in [0.25, 0.3) is 0 Å². The third kappa shape index (κ3) is 3.56. The van der Waals surface area contributed by atoms with Crippen molar-refractivity contribution in [1.82, 2.24) is 14.9 Å². The van der Waals surface area contributed by atoms with Crippen LogP contribution in [0, 0.1) is 5.92 Å². The van der Waals surface area contributed by atoms with Crippen LogP contribution in [0.3, 0.4) is 0 Å². The standard InChI is InChI=1S/C17H21N3O3S/c1-24-10-15-19-13-4-2-3-5-14(13)20(15)9-16(21)18-12-7-6-11(8-12)17(22)23/h2-5,11-12H,6-10H2,1H3,(H,18,21)(H,22,23)/t11-,12+/m1/s1. The van der Waals surface area contributed by atoms with Crippen LogP contribution in [-0.4, -0.2) is 38.8 Å². The van der Waals surface area contributed by atoms with Crippen molar-refractivity contribution < 1.29 is 14.7 Å². The molecule has 1 saturated carbocycles. The highest BCUT2D eigenvalue weighted by molar-refractivity contribution is 7.97. The van der Waals surface area contributed by atoms with Crippen molar-refractivity contribution in [3.63, 3.8) is 0 Å². The minimum Gasteiger partial charge on any atom is -0.481 e. The van der Waals surface area contributed by atoms with Gasteiger partial charge in [-0.05, 0) is 37.7 Å². The molecule has 6 nitrogen and oxygen atoms in total. The van der Waals surface area contributed by atoms with Crippen LogP contribution in [-0.2, 0) is 21.9 Å². The molecule has 0 aliphatic heterocycles. The fraction of sp³-hybridized carbons (Fsp3) is 0.471. The summed E-state index contributed by atoms with van der Waals surface area (Å²) in [5.41, 5.74) is 1.84. The Hall–Kier alpha value is -2.02. The molecule has 1 aromatic carbocycles. The average molecular weight is 347 g/mol. The largest absolute Gasteiger partial charge is 0.481 e. The normalized spacial score (nSPS) is 20.4. The highest BCUT2D eigenvalue weighted by atomic mass is 32.2. The van der Waals surface area contributed by atoms with Crippen molar-refractivity contribution >= 4 is 34.7 Å². The highest BCUT2D eigenvalue weighted by Crippen LogP contribution is 2.26. The number of aliphatic carboxylic acids is 1. The first kappa shape index (κ1) is 16.8. The summed E-state index contributed by atoms with van der Waals surface area (Å²) in [7, 11) is 0. The Morgan fingerprint density at radius 3 is 2.88 bits per heavy atom. The van der Waals surface area contributed by atoms with Crippen LogP contribution in [0.2, 0.25) is 0 Å². The summed E-state index contributed by atoms with van der Waals surface area (Å²) < 4.78 is 1.95. The van der Waals surface area contributed by atoms with E-state index in [0.717, 1.165) is 29.0 Å². The van der Waals surface area contributed by atoms with Gasteiger partial charge in [-0.1, -0.05) is 12.1 Å². The minimum absolute atomic E-state index is 0.0441. The molecule has 0 saturated heterocycles.